The summed E-state index contributed by atoms with van der Waals surface area (Å²) in [5.74, 6) is 0.195. The van der Waals surface area contributed by atoms with Crippen LogP contribution in [0.1, 0.15) is 17.4 Å². The van der Waals surface area contributed by atoms with Crippen molar-refractivity contribution in [2.75, 3.05) is 11.1 Å². The molecule has 124 valence electrons. The number of hydrogen-bond donors (Lipinski definition) is 1. The van der Waals surface area contributed by atoms with Crippen molar-refractivity contribution in [1.82, 2.24) is 20.2 Å². The summed E-state index contributed by atoms with van der Waals surface area (Å²) in [4.78, 5) is 13.3. The topological polar surface area (TPSA) is 72.7 Å². The lowest BCUT2D eigenvalue weighted by Crippen LogP contribution is -2.15. The molecule has 0 bridgehead atoms. The zero-order valence-electron chi connectivity index (χ0n) is 13.2. The van der Waals surface area contributed by atoms with Crippen molar-refractivity contribution in [3.8, 4) is 0 Å². The average Bonchev–Trinajstić information content (AvgIpc) is 3.25. The molecule has 24 heavy (non-hydrogen) atoms. The molecule has 0 saturated carbocycles. The fourth-order valence-electron chi connectivity index (χ4n) is 2.15. The number of hydrogen-bond acceptors (Lipinski definition) is 6. The lowest BCUT2D eigenvalue weighted by molar-refractivity contribution is -0.113. The number of nitrogens with one attached hydrogen (secondary N) is 1. The fourth-order valence-corrected chi connectivity index (χ4v) is 3.51. The van der Waals surface area contributed by atoms with Crippen LogP contribution in [0.2, 0.25) is 0 Å². The summed E-state index contributed by atoms with van der Waals surface area (Å²) in [7, 11) is 0. The number of carbonyl (C=O) groups excluding carboxylic acids is 1. The zero-order valence-corrected chi connectivity index (χ0v) is 14.8. The van der Waals surface area contributed by atoms with Gasteiger partial charge in [-0.3, -0.25) is 4.79 Å². The van der Waals surface area contributed by atoms with E-state index in [1.54, 1.807) is 16.0 Å². The van der Waals surface area contributed by atoms with Crippen LogP contribution < -0.4 is 5.32 Å². The summed E-state index contributed by atoms with van der Waals surface area (Å²) in [5, 5.41) is 17.2. The SMILES string of the molecule is CCc1cccc(NC(=O)CSc2nnnn2Cc2cccs2)c1. The molecule has 0 saturated heterocycles. The van der Waals surface area contributed by atoms with Gasteiger partial charge in [0, 0.05) is 10.6 Å². The lowest BCUT2D eigenvalue weighted by atomic mass is 10.1. The van der Waals surface area contributed by atoms with E-state index in [0.717, 1.165) is 12.1 Å². The minimum Gasteiger partial charge on any atom is -0.325 e. The largest absolute Gasteiger partial charge is 0.325 e. The van der Waals surface area contributed by atoms with Gasteiger partial charge in [0.25, 0.3) is 0 Å². The molecule has 1 amide bonds. The number of tetrazole rings is 1. The van der Waals surface area contributed by atoms with E-state index in [1.807, 2.05) is 41.8 Å². The van der Waals surface area contributed by atoms with Crippen LogP contribution in [-0.4, -0.2) is 31.9 Å². The van der Waals surface area contributed by atoms with Crippen molar-refractivity contribution >= 4 is 34.7 Å². The zero-order chi connectivity index (χ0) is 16.8. The van der Waals surface area contributed by atoms with E-state index in [4.69, 9.17) is 0 Å². The first-order valence-corrected chi connectivity index (χ1v) is 9.41. The molecule has 0 fully saturated rings. The second-order valence-corrected chi connectivity index (χ2v) is 7.06. The van der Waals surface area contributed by atoms with Crippen LogP contribution in [0.3, 0.4) is 0 Å². The summed E-state index contributed by atoms with van der Waals surface area (Å²) in [6.45, 7) is 2.71. The van der Waals surface area contributed by atoms with Crippen LogP contribution in [-0.2, 0) is 17.8 Å². The van der Waals surface area contributed by atoms with E-state index in [2.05, 4.69) is 27.8 Å². The molecule has 2 heterocycles. The maximum Gasteiger partial charge on any atom is 0.234 e. The van der Waals surface area contributed by atoms with Gasteiger partial charge in [-0.1, -0.05) is 36.9 Å². The molecule has 0 spiro atoms. The van der Waals surface area contributed by atoms with Crippen LogP contribution in [0.15, 0.2) is 46.9 Å². The summed E-state index contributed by atoms with van der Waals surface area (Å²) in [6.07, 6.45) is 0.940. The van der Waals surface area contributed by atoms with Crippen LogP contribution in [0, 0.1) is 0 Å². The lowest BCUT2D eigenvalue weighted by Gasteiger charge is -2.06. The molecule has 8 heteroatoms. The van der Waals surface area contributed by atoms with Gasteiger partial charge in [-0.15, -0.1) is 16.4 Å². The molecular formula is C16H17N5OS2. The Morgan fingerprint density at radius 1 is 1.33 bits per heavy atom. The molecule has 0 radical (unpaired) electrons. The number of benzene rings is 1. The van der Waals surface area contributed by atoms with Gasteiger partial charge in [0.2, 0.25) is 11.1 Å². The number of thiophene rings is 1. The van der Waals surface area contributed by atoms with Crippen molar-refractivity contribution in [1.29, 1.82) is 0 Å². The molecule has 0 unspecified atom stereocenters. The third-order valence-electron chi connectivity index (χ3n) is 3.34. The first-order valence-electron chi connectivity index (χ1n) is 7.54. The number of rotatable bonds is 7. The molecule has 0 aliphatic carbocycles. The maximum absolute atomic E-state index is 12.1. The Morgan fingerprint density at radius 2 is 2.25 bits per heavy atom. The predicted molar refractivity (Wildman–Crippen MR) is 96.4 cm³/mol. The highest BCUT2D eigenvalue weighted by molar-refractivity contribution is 7.99. The molecule has 2 aromatic heterocycles. The second-order valence-electron chi connectivity index (χ2n) is 5.09. The van der Waals surface area contributed by atoms with Gasteiger partial charge in [0.15, 0.2) is 0 Å². The van der Waals surface area contributed by atoms with Gasteiger partial charge >= 0.3 is 0 Å². The molecule has 0 aliphatic rings. The highest BCUT2D eigenvalue weighted by atomic mass is 32.2. The molecule has 0 atom stereocenters. The summed E-state index contributed by atoms with van der Waals surface area (Å²) in [6, 6.07) is 11.9. The minimum absolute atomic E-state index is 0.0704. The van der Waals surface area contributed by atoms with Crippen molar-refractivity contribution in [3.05, 3.63) is 52.2 Å². The summed E-state index contributed by atoms with van der Waals surface area (Å²) < 4.78 is 1.71. The summed E-state index contributed by atoms with van der Waals surface area (Å²) in [5.41, 5.74) is 2.01. The average molecular weight is 359 g/mol. The Balaban J connectivity index is 1.55. The van der Waals surface area contributed by atoms with Crippen molar-refractivity contribution in [3.63, 3.8) is 0 Å². The van der Waals surface area contributed by atoms with Crippen molar-refractivity contribution < 1.29 is 4.79 Å². The fraction of sp³-hybridized carbons (Fsp3) is 0.250. The second kappa shape index (κ2) is 8.07. The number of aryl methyl sites for hydroxylation is 1. The number of anilines is 1. The van der Waals surface area contributed by atoms with E-state index in [1.165, 1.54) is 22.2 Å². The van der Waals surface area contributed by atoms with Crippen molar-refractivity contribution in [2.24, 2.45) is 0 Å². The molecule has 0 aliphatic heterocycles. The maximum atomic E-state index is 12.1. The quantitative estimate of drug-likeness (QED) is 0.656. The first-order chi connectivity index (χ1) is 11.7. The Bertz CT molecular complexity index is 800. The Kier molecular flexibility index (Phi) is 5.60. The minimum atomic E-state index is -0.0704. The third kappa shape index (κ3) is 4.42. The summed E-state index contributed by atoms with van der Waals surface area (Å²) >= 11 is 2.99. The number of aromatic nitrogens is 4. The van der Waals surface area contributed by atoms with Crippen molar-refractivity contribution in [2.45, 2.75) is 25.0 Å². The number of thioether (sulfide) groups is 1. The Hall–Kier alpha value is -2.19. The predicted octanol–water partition coefficient (Wildman–Crippen LogP) is 3.08. The number of carbonyl (C=O) groups is 1. The smallest absolute Gasteiger partial charge is 0.234 e. The van der Waals surface area contributed by atoms with Gasteiger partial charge in [0.1, 0.15) is 0 Å². The monoisotopic (exact) mass is 359 g/mol. The number of nitrogens with zero attached hydrogens (tertiary/aromatic N) is 4. The molecule has 6 nitrogen and oxygen atoms in total. The van der Waals surface area contributed by atoms with E-state index >= 15 is 0 Å². The van der Waals surface area contributed by atoms with Crippen LogP contribution >= 0.6 is 23.1 Å². The van der Waals surface area contributed by atoms with E-state index in [9.17, 15) is 4.79 Å². The molecular weight excluding hydrogens is 342 g/mol. The Morgan fingerprint density at radius 3 is 3.04 bits per heavy atom. The highest BCUT2D eigenvalue weighted by Crippen LogP contribution is 2.18. The molecule has 1 N–H and O–H groups in total. The molecule has 1 aromatic carbocycles. The van der Waals surface area contributed by atoms with Gasteiger partial charge in [0.05, 0.1) is 12.3 Å². The van der Waals surface area contributed by atoms with Crippen LogP contribution in [0.4, 0.5) is 5.69 Å². The van der Waals surface area contributed by atoms with Gasteiger partial charge in [-0.05, 0) is 46.0 Å². The van der Waals surface area contributed by atoms with E-state index in [-0.39, 0.29) is 11.7 Å². The first kappa shape index (κ1) is 16.7. The standard InChI is InChI=1S/C16H17N5OS2/c1-2-12-5-3-6-13(9-12)17-15(22)11-24-16-18-19-20-21(16)10-14-7-4-8-23-14/h3-9H,2,10-11H2,1H3,(H,17,22). The molecule has 3 rings (SSSR count). The van der Waals surface area contributed by atoms with Gasteiger partial charge < -0.3 is 5.32 Å². The highest BCUT2D eigenvalue weighted by Gasteiger charge is 2.11. The van der Waals surface area contributed by atoms with E-state index < -0.39 is 0 Å². The Labute approximate surface area is 148 Å². The van der Waals surface area contributed by atoms with Crippen LogP contribution in [0.25, 0.3) is 0 Å². The van der Waals surface area contributed by atoms with E-state index in [0.29, 0.717) is 11.7 Å². The van der Waals surface area contributed by atoms with Crippen LogP contribution in [0.5, 0.6) is 0 Å². The van der Waals surface area contributed by atoms with Gasteiger partial charge in [-0.2, -0.15) is 0 Å². The van der Waals surface area contributed by atoms with Gasteiger partial charge in [-0.25, -0.2) is 4.68 Å². The normalized spacial score (nSPS) is 10.7. The third-order valence-corrected chi connectivity index (χ3v) is 5.15. The number of amides is 1. The molecule has 3 aromatic rings.